The molecule has 0 aliphatic carbocycles. The zero-order chi connectivity index (χ0) is 15.2. The summed E-state index contributed by atoms with van der Waals surface area (Å²) in [4.78, 5) is 0. The van der Waals surface area contributed by atoms with Crippen LogP contribution in [0.5, 0.6) is 17.2 Å². The van der Waals surface area contributed by atoms with Gasteiger partial charge in [-0.25, -0.2) is 0 Å². The van der Waals surface area contributed by atoms with Gasteiger partial charge in [0.05, 0.1) is 7.11 Å². The molecule has 0 spiro atoms. The largest absolute Gasteiger partial charge is 0.497 e. The Balaban J connectivity index is 2.06. The van der Waals surface area contributed by atoms with Crippen LogP contribution in [-0.2, 0) is 6.54 Å². The van der Waals surface area contributed by atoms with Crippen molar-refractivity contribution in [1.29, 1.82) is 0 Å². The van der Waals surface area contributed by atoms with Crippen LogP contribution in [0.15, 0.2) is 42.5 Å². The number of rotatable bonds is 6. The fraction of sp³-hybridized carbons (Fsp3) is 0.333. The van der Waals surface area contributed by atoms with Crippen molar-refractivity contribution in [2.75, 3.05) is 7.11 Å². The molecule has 0 aliphatic rings. The summed E-state index contributed by atoms with van der Waals surface area (Å²) >= 11 is 0. The van der Waals surface area contributed by atoms with Gasteiger partial charge < -0.3 is 14.8 Å². The third kappa shape index (κ3) is 4.50. The maximum atomic E-state index is 5.91. The quantitative estimate of drug-likeness (QED) is 0.858. The third-order valence-electron chi connectivity index (χ3n) is 3.24. The van der Waals surface area contributed by atoms with Gasteiger partial charge in [-0.3, -0.25) is 0 Å². The summed E-state index contributed by atoms with van der Waals surface area (Å²) in [5, 5.41) is 3.42. The van der Waals surface area contributed by atoms with Gasteiger partial charge in [-0.1, -0.05) is 26.0 Å². The van der Waals surface area contributed by atoms with Crippen LogP contribution in [0.25, 0.3) is 0 Å². The van der Waals surface area contributed by atoms with Crippen LogP contribution in [0.2, 0.25) is 0 Å². The number of nitrogens with one attached hydrogen (secondary N) is 1. The first kappa shape index (κ1) is 15.4. The Hall–Kier alpha value is -2.00. The van der Waals surface area contributed by atoms with Crippen molar-refractivity contribution in [2.24, 2.45) is 0 Å². The first-order chi connectivity index (χ1) is 10.1. The fourth-order valence-electron chi connectivity index (χ4n) is 2.03. The predicted molar refractivity (Wildman–Crippen MR) is 86.2 cm³/mol. The molecule has 2 aromatic carbocycles. The maximum absolute atomic E-state index is 5.91. The second-order valence-corrected chi connectivity index (χ2v) is 5.41. The zero-order valence-corrected chi connectivity index (χ0v) is 13.1. The Morgan fingerprint density at radius 3 is 2.24 bits per heavy atom. The second kappa shape index (κ2) is 7.14. The summed E-state index contributed by atoms with van der Waals surface area (Å²) < 4.78 is 11.1. The van der Waals surface area contributed by atoms with Crippen LogP contribution in [0.3, 0.4) is 0 Å². The SMILES string of the molecule is COc1ccc(Oc2ccc(CNC(C)C)cc2C)cc1. The molecule has 3 nitrogen and oxygen atoms in total. The van der Waals surface area contributed by atoms with E-state index < -0.39 is 0 Å². The average Bonchev–Trinajstić information content (AvgIpc) is 2.48. The highest BCUT2D eigenvalue weighted by Crippen LogP contribution is 2.27. The minimum Gasteiger partial charge on any atom is -0.497 e. The van der Waals surface area contributed by atoms with Crippen molar-refractivity contribution < 1.29 is 9.47 Å². The Bertz CT molecular complexity index is 576. The molecule has 0 bridgehead atoms. The van der Waals surface area contributed by atoms with Crippen LogP contribution in [0.4, 0.5) is 0 Å². The standard InChI is InChI=1S/C18H23NO2/c1-13(2)19-12-15-5-10-18(14(3)11-15)21-17-8-6-16(20-4)7-9-17/h5-11,13,19H,12H2,1-4H3. The van der Waals surface area contributed by atoms with Gasteiger partial charge in [0.2, 0.25) is 0 Å². The van der Waals surface area contributed by atoms with E-state index in [0.29, 0.717) is 6.04 Å². The van der Waals surface area contributed by atoms with E-state index in [0.717, 1.165) is 29.4 Å². The molecule has 0 aliphatic heterocycles. The Morgan fingerprint density at radius 1 is 1.00 bits per heavy atom. The number of hydrogen-bond acceptors (Lipinski definition) is 3. The Labute approximate surface area is 126 Å². The first-order valence-corrected chi connectivity index (χ1v) is 7.23. The minimum atomic E-state index is 0.487. The van der Waals surface area contributed by atoms with E-state index >= 15 is 0 Å². The highest BCUT2D eigenvalue weighted by Gasteiger charge is 2.04. The van der Waals surface area contributed by atoms with Crippen molar-refractivity contribution in [1.82, 2.24) is 5.32 Å². The molecule has 112 valence electrons. The average molecular weight is 285 g/mol. The number of methoxy groups -OCH3 is 1. The molecule has 0 fully saturated rings. The van der Waals surface area contributed by atoms with E-state index in [9.17, 15) is 0 Å². The number of benzene rings is 2. The van der Waals surface area contributed by atoms with Gasteiger partial charge in [0.25, 0.3) is 0 Å². The molecule has 2 aromatic rings. The number of aryl methyl sites for hydroxylation is 1. The molecule has 0 unspecified atom stereocenters. The fourth-order valence-corrected chi connectivity index (χ4v) is 2.03. The Kier molecular flexibility index (Phi) is 5.23. The second-order valence-electron chi connectivity index (χ2n) is 5.41. The van der Waals surface area contributed by atoms with Crippen LogP contribution in [0.1, 0.15) is 25.0 Å². The summed E-state index contributed by atoms with van der Waals surface area (Å²) in [5.74, 6) is 2.52. The van der Waals surface area contributed by atoms with Crippen molar-refractivity contribution in [3.8, 4) is 17.2 Å². The van der Waals surface area contributed by atoms with Gasteiger partial charge in [0.15, 0.2) is 0 Å². The smallest absolute Gasteiger partial charge is 0.130 e. The summed E-state index contributed by atoms with van der Waals surface area (Å²) in [6, 6.07) is 14.4. The predicted octanol–water partition coefficient (Wildman–Crippen LogP) is 4.29. The van der Waals surface area contributed by atoms with Crippen LogP contribution in [0, 0.1) is 6.92 Å². The monoisotopic (exact) mass is 285 g/mol. The molecule has 2 rings (SSSR count). The molecular weight excluding hydrogens is 262 g/mol. The molecule has 1 N–H and O–H groups in total. The molecular formula is C18H23NO2. The van der Waals surface area contributed by atoms with E-state index in [1.807, 2.05) is 30.3 Å². The molecule has 21 heavy (non-hydrogen) atoms. The van der Waals surface area contributed by atoms with E-state index in [1.54, 1.807) is 7.11 Å². The van der Waals surface area contributed by atoms with Gasteiger partial charge in [-0.15, -0.1) is 0 Å². The lowest BCUT2D eigenvalue weighted by Crippen LogP contribution is -2.21. The van der Waals surface area contributed by atoms with Crippen LogP contribution < -0.4 is 14.8 Å². The van der Waals surface area contributed by atoms with Crippen molar-refractivity contribution >= 4 is 0 Å². The summed E-state index contributed by atoms with van der Waals surface area (Å²) in [7, 11) is 1.66. The maximum Gasteiger partial charge on any atom is 0.130 e. The van der Waals surface area contributed by atoms with E-state index in [2.05, 4.69) is 38.2 Å². The van der Waals surface area contributed by atoms with Crippen LogP contribution in [-0.4, -0.2) is 13.2 Å². The van der Waals surface area contributed by atoms with Gasteiger partial charge in [-0.2, -0.15) is 0 Å². The van der Waals surface area contributed by atoms with E-state index in [4.69, 9.17) is 9.47 Å². The van der Waals surface area contributed by atoms with E-state index in [-0.39, 0.29) is 0 Å². The molecule has 0 aromatic heterocycles. The number of hydrogen-bond donors (Lipinski definition) is 1. The summed E-state index contributed by atoms with van der Waals surface area (Å²) in [6.07, 6.45) is 0. The summed E-state index contributed by atoms with van der Waals surface area (Å²) in [6.45, 7) is 7.24. The lowest BCUT2D eigenvalue weighted by Gasteiger charge is -2.12. The van der Waals surface area contributed by atoms with Crippen LogP contribution >= 0.6 is 0 Å². The zero-order valence-electron chi connectivity index (χ0n) is 13.1. The van der Waals surface area contributed by atoms with Gasteiger partial charge in [-0.05, 0) is 48.4 Å². The van der Waals surface area contributed by atoms with Gasteiger partial charge in [0, 0.05) is 12.6 Å². The highest BCUT2D eigenvalue weighted by atomic mass is 16.5. The molecule has 0 amide bonds. The van der Waals surface area contributed by atoms with Crippen molar-refractivity contribution in [2.45, 2.75) is 33.4 Å². The molecule has 0 heterocycles. The number of ether oxygens (including phenoxy) is 2. The molecule has 0 radical (unpaired) electrons. The first-order valence-electron chi connectivity index (χ1n) is 7.23. The molecule has 3 heteroatoms. The third-order valence-corrected chi connectivity index (χ3v) is 3.24. The molecule has 0 saturated carbocycles. The van der Waals surface area contributed by atoms with Gasteiger partial charge >= 0.3 is 0 Å². The molecule has 0 saturated heterocycles. The topological polar surface area (TPSA) is 30.5 Å². The molecule has 0 atom stereocenters. The minimum absolute atomic E-state index is 0.487. The normalized spacial score (nSPS) is 10.7. The summed E-state index contributed by atoms with van der Waals surface area (Å²) in [5.41, 5.74) is 2.40. The Morgan fingerprint density at radius 2 is 1.67 bits per heavy atom. The van der Waals surface area contributed by atoms with Crippen molar-refractivity contribution in [3.63, 3.8) is 0 Å². The lowest BCUT2D eigenvalue weighted by molar-refractivity contribution is 0.412. The lowest BCUT2D eigenvalue weighted by atomic mass is 10.1. The van der Waals surface area contributed by atoms with Gasteiger partial charge in [0.1, 0.15) is 17.2 Å². The van der Waals surface area contributed by atoms with Crippen molar-refractivity contribution in [3.05, 3.63) is 53.6 Å². The highest BCUT2D eigenvalue weighted by molar-refractivity contribution is 5.41. The van der Waals surface area contributed by atoms with E-state index in [1.165, 1.54) is 5.56 Å².